The molecule has 0 spiro atoms. The molecule has 1 aromatic rings. The van der Waals surface area contributed by atoms with Gasteiger partial charge in [-0.15, -0.1) is 0 Å². The van der Waals surface area contributed by atoms with Crippen molar-refractivity contribution >= 4 is 11.3 Å². The largest absolute Gasteiger partial charge is 0.314 e. The lowest BCUT2D eigenvalue weighted by Gasteiger charge is -2.33. The number of thiophene rings is 1. The third kappa shape index (κ3) is 3.80. The van der Waals surface area contributed by atoms with Crippen LogP contribution >= 0.6 is 11.3 Å². The summed E-state index contributed by atoms with van der Waals surface area (Å²) < 4.78 is 0. The molecule has 1 saturated heterocycles. The van der Waals surface area contributed by atoms with Gasteiger partial charge in [0, 0.05) is 24.7 Å². The topological polar surface area (TPSA) is 15.3 Å². The Labute approximate surface area is 121 Å². The predicted molar refractivity (Wildman–Crippen MR) is 82.6 cm³/mol. The fraction of sp³-hybridized carbons (Fsp3) is 0.750. The van der Waals surface area contributed by atoms with Crippen molar-refractivity contribution in [2.75, 3.05) is 6.54 Å². The van der Waals surface area contributed by atoms with Crippen LogP contribution in [0.5, 0.6) is 0 Å². The van der Waals surface area contributed by atoms with Crippen LogP contribution in [0.15, 0.2) is 16.8 Å². The average molecular weight is 278 g/mol. The molecule has 0 radical (unpaired) electrons. The van der Waals surface area contributed by atoms with Gasteiger partial charge in [0.1, 0.15) is 0 Å². The molecule has 3 rings (SSSR count). The van der Waals surface area contributed by atoms with Gasteiger partial charge < -0.3 is 5.32 Å². The number of nitrogens with one attached hydrogen (secondary N) is 1. The Hall–Kier alpha value is -0.380. The molecule has 3 heteroatoms. The molecule has 1 aromatic heterocycles. The van der Waals surface area contributed by atoms with Gasteiger partial charge in [0.15, 0.2) is 0 Å². The lowest BCUT2D eigenvalue weighted by molar-refractivity contribution is 0.162. The second-order valence-corrected chi connectivity index (χ2v) is 7.05. The van der Waals surface area contributed by atoms with Crippen molar-refractivity contribution < 1.29 is 0 Å². The van der Waals surface area contributed by atoms with Crippen molar-refractivity contribution in [1.82, 2.24) is 10.2 Å². The van der Waals surface area contributed by atoms with Crippen LogP contribution in [0.2, 0.25) is 0 Å². The highest BCUT2D eigenvalue weighted by molar-refractivity contribution is 7.07. The maximum Gasteiger partial charge on any atom is 0.0247 e. The molecule has 1 aliphatic carbocycles. The second kappa shape index (κ2) is 6.38. The van der Waals surface area contributed by atoms with E-state index < -0.39 is 0 Å². The first kappa shape index (κ1) is 13.6. The summed E-state index contributed by atoms with van der Waals surface area (Å²) in [7, 11) is 0. The van der Waals surface area contributed by atoms with E-state index in [4.69, 9.17) is 0 Å². The summed E-state index contributed by atoms with van der Waals surface area (Å²) in [6.07, 6.45) is 8.30. The van der Waals surface area contributed by atoms with Gasteiger partial charge in [-0.25, -0.2) is 0 Å². The predicted octanol–water partition coefficient (Wildman–Crippen LogP) is 3.63. The summed E-state index contributed by atoms with van der Waals surface area (Å²) in [6, 6.07) is 4.61. The van der Waals surface area contributed by atoms with E-state index in [0.29, 0.717) is 6.04 Å². The highest BCUT2D eigenvalue weighted by Gasteiger charge is 2.33. The molecular weight excluding hydrogens is 252 g/mol. The maximum absolute atomic E-state index is 3.70. The van der Waals surface area contributed by atoms with Crippen LogP contribution in [0.25, 0.3) is 0 Å². The lowest BCUT2D eigenvalue weighted by Crippen LogP contribution is -2.42. The van der Waals surface area contributed by atoms with Crippen LogP contribution in [0, 0.1) is 0 Å². The quantitative estimate of drug-likeness (QED) is 0.855. The summed E-state index contributed by atoms with van der Waals surface area (Å²) in [5.41, 5.74) is 1.50. The van der Waals surface area contributed by atoms with Crippen LogP contribution in [0.3, 0.4) is 0 Å². The molecule has 2 unspecified atom stereocenters. The van der Waals surface area contributed by atoms with Gasteiger partial charge in [0.25, 0.3) is 0 Å². The first-order valence-electron chi connectivity index (χ1n) is 7.83. The van der Waals surface area contributed by atoms with E-state index in [9.17, 15) is 0 Å². The zero-order chi connectivity index (χ0) is 13.1. The van der Waals surface area contributed by atoms with Crippen LogP contribution in [-0.4, -0.2) is 29.6 Å². The van der Waals surface area contributed by atoms with E-state index in [-0.39, 0.29) is 0 Å². The van der Waals surface area contributed by atoms with Gasteiger partial charge in [-0.1, -0.05) is 6.42 Å². The highest BCUT2D eigenvalue weighted by Crippen LogP contribution is 2.32. The summed E-state index contributed by atoms with van der Waals surface area (Å²) >= 11 is 1.82. The molecule has 2 atom stereocenters. The van der Waals surface area contributed by atoms with Crippen molar-refractivity contribution in [2.45, 2.75) is 70.1 Å². The molecule has 19 heavy (non-hydrogen) atoms. The van der Waals surface area contributed by atoms with Gasteiger partial charge in [0.05, 0.1) is 0 Å². The van der Waals surface area contributed by atoms with E-state index in [0.717, 1.165) is 18.6 Å². The lowest BCUT2D eigenvalue weighted by atomic mass is 9.98. The molecule has 2 nitrogen and oxygen atoms in total. The first-order chi connectivity index (χ1) is 9.33. The van der Waals surface area contributed by atoms with Crippen LogP contribution in [-0.2, 0) is 6.54 Å². The molecule has 0 aromatic carbocycles. The zero-order valence-electron chi connectivity index (χ0n) is 12.0. The monoisotopic (exact) mass is 278 g/mol. The Kier molecular flexibility index (Phi) is 4.57. The van der Waals surface area contributed by atoms with Crippen LogP contribution in [0.4, 0.5) is 0 Å². The normalized spacial score (nSPS) is 25.7. The molecule has 1 saturated carbocycles. The van der Waals surface area contributed by atoms with Gasteiger partial charge >= 0.3 is 0 Å². The van der Waals surface area contributed by atoms with E-state index in [1.807, 2.05) is 11.3 Å². The molecule has 1 aliphatic heterocycles. The average Bonchev–Trinajstić information content (AvgIpc) is 3.14. The van der Waals surface area contributed by atoms with Crippen molar-refractivity contribution in [1.29, 1.82) is 0 Å². The van der Waals surface area contributed by atoms with Crippen molar-refractivity contribution in [3.05, 3.63) is 22.4 Å². The van der Waals surface area contributed by atoms with E-state index >= 15 is 0 Å². The van der Waals surface area contributed by atoms with Gasteiger partial charge in [0.2, 0.25) is 0 Å². The molecule has 106 valence electrons. The van der Waals surface area contributed by atoms with Crippen molar-refractivity contribution in [2.24, 2.45) is 0 Å². The molecule has 0 amide bonds. The Bertz CT molecular complexity index is 366. The molecular formula is C16H26N2S. The SMILES string of the molecule is CC(CC1CCCCN1)N(Cc1ccsc1)C1CC1. The summed E-state index contributed by atoms with van der Waals surface area (Å²) in [5, 5.41) is 8.21. The smallest absolute Gasteiger partial charge is 0.0247 e. The second-order valence-electron chi connectivity index (χ2n) is 6.27. The number of nitrogens with zero attached hydrogens (tertiary/aromatic N) is 1. The van der Waals surface area contributed by atoms with Gasteiger partial charge in [-0.05, 0) is 68.0 Å². The third-order valence-electron chi connectivity index (χ3n) is 4.57. The molecule has 2 heterocycles. The zero-order valence-corrected chi connectivity index (χ0v) is 12.8. The Balaban J connectivity index is 1.56. The fourth-order valence-corrected chi connectivity index (χ4v) is 3.98. The molecule has 1 N–H and O–H groups in total. The molecule has 2 fully saturated rings. The van der Waals surface area contributed by atoms with Crippen LogP contribution < -0.4 is 5.32 Å². The first-order valence-corrected chi connectivity index (χ1v) is 8.77. The van der Waals surface area contributed by atoms with Crippen molar-refractivity contribution in [3.8, 4) is 0 Å². The minimum absolute atomic E-state index is 0.711. The van der Waals surface area contributed by atoms with Crippen molar-refractivity contribution in [3.63, 3.8) is 0 Å². The summed E-state index contributed by atoms with van der Waals surface area (Å²) in [5.74, 6) is 0. The standard InChI is InChI=1S/C16H26N2S/c1-13(10-15-4-2-3-8-17-15)18(16-5-6-16)11-14-7-9-19-12-14/h7,9,12-13,15-17H,2-6,8,10-11H2,1H3. The maximum atomic E-state index is 3.70. The van der Waals surface area contributed by atoms with E-state index in [1.54, 1.807) is 0 Å². The van der Waals surface area contributed by atoms with E-state index in [1.165, 1.54) is 50.6 Å². The molecule has 0 bridgehead atoms. The number of rotatable bonds is 6. The minimum Gasteiger partial charge on any atom is -0.314 e. The van der Waals surface area contributed by atoms with E-state index in [2.05, 4.69) is 34.0 Å². The van der Waals surface area contributed by atoms with Crippen LogP contribution in [0.1, 0.15) is 51.0 Å². The Morgan fingerprint density at radius 1 is 1.37 bits per heavy atom. The fourth-order valence-electron chi connectivity index (χ4n) is 3.32. The number of hydrogen-bond acceptors (Lipinski definition) is 3. The van der Waals surface area contributed by atoms with Gasteiger partial charge in [-0.2, -0.15) is 11.3 Å². The minimum atomic E-state index is 0.711. The Morgan fingerprint density at radius 3 is 2.89 bits per heavy atom. The highest BCUT2D eigenvalue weighted by atomic mass is 32.1. The number of piperidine rings is 1. The Morgan fingerprint density at radius 2 is 2.26 bits per heavy atom. The van der Waals surface area contributed by atoms with Gasteiger partial charge in [-0.3, -0.25) is 4.90 Å². The summed E-state index contributed by atoms with van der Waals surface area (Å²) in [6.45, 7) is 4.81. The molecule has 2 aliphatic rings. The number of hydrogen-bond donors (Lipinski definition) is 1. The summed E-state index contributed by atoms with van der Waals surface area (Å²) in [4.78, 5) is 2.75. The third-order valence-corrected chi connectivity index (χ3v) is 5.30.